The van der Waals surface area contributed by atoms with Crippen molar-refractivity contribution in [1.29, 1.82) is 0 Å². The Morgan fingerprint density at radius 1 is 1.25 bits per heavy atom. The number of aromatic nitrogens is 2. The van der Waals surface area contributed by atoms with E-state index in [0.29, 0.717) is 5.00 Å². The molecule has 0 radical (unpaired) electrons. The number of amides is 1. The molecule has 0 aromatic carbocycles. The van der Waals surface area contributed by atoms with E-state index in [1.807, 2.05) is 4.98 Å². The van der Waals surface area contributed by atoms with Gasteiger partial charge in [0.05, 0.1) is 11.4 Å². The number of carbonyl (C=O) groups is 2. The van der Waals surface area contributed by atoms with E-state index in [1.54, 1.807) is 0 Å². The van der Waals surface area contributed by atoms with Crippen LogP contribution in [-0.4, -0.2) is 27.0 Å². The Morgan fingerprint density at radius 3 is 2.60 bits per heavy atom. The van der Waals surface area contributed by atoms with Gasteiger partial charge in [0.25, 0.3) is 5.56 Å². The number of carbonyl (C=O) groups excluding carboxylic acids is 1. The molecule has 0 aliphatic rings. The third-order valence-corrected chi connectivity index (χ3v) is 3.24. The zero-order valence-electron chi connectivity index (χ0n) is 9.93. The van der Waals surface area contributed by atoms with Crippen LogP contribution in [0.1, 0.15) is 15.4 Å². The van der Waals surface area contributed by atoms with Gasteiger partial charge in [-0.15, -0.1) is 11.3 Å². The molecule has 0 unspecified atom stereocenters. The van der Waals surface area contributed by atoms with E-state index in [9.17, 15) is 19.2 Å². The number of H-pyrrole nitrogens is 2. The minimum Gasteiger partial charge on any atom is -0.477 e. The first-order valence-electron chi connectivity index (χ1n) is 5.39. The first kappa shape index (κ1) is 13.7. The molecule has 2 aromatic heterocycles. The largest absolute Gasteiger partial charge is 0.477 e. The lowest BCUT2D eigenvalue weighted by Gasteiger charge is -2.01. The van der Waals surface area contributed by atoms with Gasteiger partial charge in [0, 0.05) is 11.8 Å². The number of thiophene rings is 1. The van der Waals surface area contributed by atoms with E-state index in [0.717, 1.165) is 17.4 Å². The number of nitrogens with one attached hydrogen (secondary N) is 3. The van der Waals surface area contributed by atoms with E-state index in [2.05, 4.69) is 10.3 Å². The van der Waals surface area contributed by atoms with Crippen LogP contribution in [0.2, 0.25) is 0 Å². The Hall–Kier alpha value is -2.68. The molecule has 2 aromatic rings. The summed E-state index contributed by atoms with van der Waals surface area (Å²) in [5, 5.41) is 11.6. The van der Waals surface area contributed by atoms with Crippen LogP contribution in [0, 0.1) is 0 Å². The summed E-state index contributed by atoms with van der Waals surface area (Å²) in [5.41, 5.74) is -1.11. The molecule has 0 spiro atoms. The summed E-state index contributed by atoms with van der Waals surface area (Å²) in [6, 6.07) is 3.95. The first-order chi connectivity index (χ1) is 9.44. The van der Waals surface area contributed by atoms with Gasteiger partial charge in [0.2, 0.25) is 5.91 Å². The maximum atomic E-state index is 11.7. The van der Waals surface area contributed by atoms with Gasteiger partial charge < -0.3 is 15.4 Å². The van der Waals surface area contributed by atoms with Crippen molar-refractivity contribution in [3.05, 3.63) is 49.6 Å². The highest BCUT2D eigenvalue weighted by Crippen LogP contribution is 2.21. The Bertz CT molecular complexity index is 744. The van der Waals surface area contributed by atoms with Crippen molar-refractivity contribution in [2.45, 2.75) is 6.42 Å². The van der Waals surface area contributed by atoms with Crippen molar-refractivity contribution in [1.82, 2.24) is 9.97 Å². The molecule has 0 bridgehead atoms. The van der Waals surface area contributed by atoms with Crippen LogP contribution in [0.3, 0.4) is 0 Å². The number of carboxylic acid groups (broad SMARTS) is 1. The number of rotatable bonds is 4. The molecular formula is C11H9N3O5S. The fourth-order valence-electron chi connectivity index (χ4n) is 1.49. The molecule has 8 nitrogen and oxygen atoms in total. The second-order valence-corrected chi connectivity index (χ2v) is 4.89. The van der Waals surface area contributed by atoms with Gasteiger partial charge in [-0.3, -0.25) is 14.6 Å². The van der Waals surface area contributed by atoms with Crippen LogP contribution in [0.25, 0.3) is 0 Å². The summed E-state index contributed by atoms with van der Waals surface area (Å²) >= 11 is 0.915. The Morgan fingerprint density at radius 2 is 2.00 bits per heavy atom. The lowest BCUT2D eigenvalue weighted by molar-refractivity contribution is -0.115. The number of aromatic carboxylic acids is 1. The van der Waals surface area contributed by atoms with Crippen LogP contribution < -0.4 is 16.6 Å². The maximum Gasteiger partial charge on any atom is 0.345 e. The van der Waals surface area contributed by atoms with Gasteiger partial charge >= 0.3 is 11.7 Å². The van der Waals surface area contributed by atoms with Crippen molar-refractivity contribution >= 4 is 28.2 Å². The monoisotopic (exact) mass is 295 g/mol. The summed E-state index contributed by atoms with van der Waals surface area (Å²) in [4.78, 5) is 48.9. The number of aromatic amines is 2. The van der Waals surface area contributed by atoms with E-state index < -0.39 is 23.1 Å². The summed E-state index contributed by atoms with van der Waals surface area (Å²) in [6.07, 6.45) is -0.195. The minimum absolute atomic E-state index is 0.102. The van der Waals surface area contributed by atoms with E-state index in [4.69, 9.17) is 5.11 Å². The number of carboxylic acids is 1. The predicted octanol–water partition coefficient (Wildman–Crippen LogP) is 0.00410. The molecular weight excluding hydrogens is 286 g/mol. The van der Waals surface area contributed by atoms with Crippen LogP contribution in [0.15, 0.2) is 27.8 Å². The fourth-order valence-corrected chi connectivity index (χ4v) is 2.25. The summed E-state index contributed by atoms with van der Waals surface area (Å²) in [7, 11) is 0. The average Bonchev–Trinajstić information content (AvgIpc) is 2.75. The van der Waals surface area contributed by atoms with Gasteiger partial charge in [-0.1, -0.05) is 0 Å². The van der Waals surface area contributed by atoms with Gasteiger partial charge in [0.1, 0.15) is 4.88 Å². The smallest absolute Gasteiger partial charge is 0.345 e. The molecule has 0 saturated heterocycles. The van der Waals surface area contributed by atoms with E-state index in [1.165, 1.54) is 12.1 Å². The molecule has 0 atom stereocenters. The molecule has 0 aliphatic heterocycles. The highest BCUT2D eigenvalue weighted by Gasteiger charge is 2.10. The Balaban J connectivity index is 2.06. The highest BCUT2D eigenvalue weighted by atomic mass is 32.1. The third kappa shape index (κ3) is 3.42. The molecule has 2 heterocycles. The molecule has 0 fully saturated rings. The van der Waals surface area contributed by atoms with Crippen LogP contribution >= 0.6 is 11.3 Å². The topological polar surface area (TPSA) is 132 Å². The van der Waals surface area contributed by atoms with Gasteiger partial charge in [0.15, 0.2) is 0 Å². The zero-order chi connectivity index (χ0) is 14.7. The van der Waals surface area contributed by atoms with Gasteiger partial charge in [-0.25, -0.2) is 9.59 Å². The predicted molar refractivity (Wildman–Crippen MR) is 71.3 cm³/mol. The average molecular weight is 295 g/mol. The molecule has 9 heteroatoms. The highest BCUT2D eigenvalue weighted by molar-refractivity contribution is 7.18. The molecule has 20 heavy (non-hydrogen) atoms. The summed E-state index contributed by atoms with van der Waals surface area (Å²) in [5.74, 6) is -1.54. The van der Waals surface area contributed by atoms with Gasteiger partial charge in [-0.2, -0.15) is 0 Å². The van der Waals surface area contributed by atoms with Crippen molar-refractivity contribution in [3.63, 3.8) is 0 Å². The lowest BCUT2D eigenvalue weighted by atomic mass is 10.3. The standard InChI is InChI=1S/C11H9N3O5S/c15-7(3-5-4-8(16)14-11(19)12-5)13-9-2-1-6(20-9)10(17)18/h1-2,4H,3H2,(H,13,15)(H,17,18)(H2,12,14,16,19). The number of anilines is 1. The SMILES string of the molecule is O=C(Cc1cc(=O)[nH]c(=O)[nH]1)Nc1ccc(C(=O)O)s1. The lowest BCUT2D eigenvalue weighted by Crippen LogP contribution is -2.25. The minimum atomic E-state index is -1.07. The first-order valence-corrected chi connectivity index (χ1v) is 6.21. The second kappa shape index (κ2) is 5.53. The number of hydrogen-bond acceptors (Lipinski definition) is 5. The van der Waals surface area contributed by atoms with Crippen LogP contribution in [0.4, 0.5) is 5.00 Å². The van der Waals surface area contributed by atoms with Gasteiger partial charge in [-0.05, 0) is 12.1 Å². The zero-order valence-corrected chi connectivity index (χ0v) is 10.7. The Kier molecular flexibility index (Phi) is 3.80. The normalized spacial score (nSPS) is 10.2. The molecule has 1 amide bonds. The molecule has 2 rings (SSSR count). The maximum absolute atomic E-state index is 11.7. The molecule has 0 aliphatic carbocycles. The summed E-state index contributed by atoms with van der Waals surface area (Å²) in [6.45, 7) is 0. The van der Waals surface area contributed by atoms with Crippen molar-refractivity contribution in [2.24, 2.45) is 0 Å². The molecule has 4 N–H and O–H groups in total. The quantitative estimate of drug-likeness (QED) is 0.630. The van der Waals surface area contributed by atoms with E-state index >= 15 is 0 Å². The molecule has 104 valence electrons. The van der Waals surface area contributed by atoms with E-state index in [-0.39, 0.29) is 17.0 Å². The third-order valence-electron chi connectivity index (χ3n) is 2.25. The summed E-state index contributed by atoms with van der Waals surface area (Å²) < 4.78 is 0. The fraction of sp³-hybridized carbons (Fsp3) is 0.0909. The Labute approximate surface area is 115 Å². The number of hydrogen-bond donors (Lipinski definition) is 4. The second-order valence-electron chi connectivity index (χ2n) is 3.81. The van der Waals surface area contributed by atoms with Crippen molar-refractivity contribution in [2.75, 3.05) is 5.32 Å². The van der Waals surface area contributed by atoms with Crippen LogP contribution in [-0.2, 0) is 11.2 Å². The molecule has 0 saturated carbocycles. The van der Waals surface area contributed by atoms with Crippen LogP contribution in [0.5, 0.6) is 0 Å². The van der Waals surface area contributed by atoms with Crippen molar-refractivity contribution < 1.29 is 14.7 Å². The van der Waals surface area contributed by atoms with Crippen molar-refractivity contribution in [3.8, 4) is 0 Å².